The van der Waals surface area contributed by atoms with E-state index >= 15 is 0 Å². The Hall–Kier alpha value is -1.83. The topological polar surface area (TPSA) is 62.4 Å². The summed E-state index contributed by atoms with van der Waals surface area (Å²) in [5.74, 6) is -0.187. The van der Waals surface area contributed by atoms with Gasteiger partial charge in [0, 0.05) is 26.8 Å². The van der Waals surface area contributed by atoms with Crippen molar-refractivity contribution in [2.75, 3.05) is 26.8 Å². The highest BCUT2D eigenvalue weighted by Crippen LogP contribution is 2.27. The highest BCUT2D eigenvalue weighted by Gasteiger charge is 2.33. The number of carbonyl (C=O) groups excluding carboxylic acids is 1. The van der Waals surface area contributed by atoms with Crippen molar-refractivity contribution in [3.05, 3.63) is 33.7 Å². The number of aromatic nitrogens is 1. The van der Waals surface area contributed by atoms with Gasteiger partial charge in [-0.2, -0.15) is 13.2 Å². The zero-order chi connectivity index (χ0) is 17.7. The van der Waals surface area contributed by atoms with Crippen LogP contribution in [0.15, 0.2) is 16.9 Å². The lowest BCUT2D eigenvalue weighted by molar-refractivity contribution is -0.141. The number of H-pyrrole nitrogens is 1. The molecule has 1 fully saturated rings. The fraction of sp³-hybridized carbons (Fsp3) is 0.625. The predicted molar refractivity (Wildman–Crippen MR) is 81.8 cm³/mol. The van der Waals surface area contributed by atoms with Gasteiger partial charge in [0.2, 0.25) is 0 Å². The van der Waals surface area contributed by atoms with E-state index in [4.69, 9.17) is 4.74 Å². The highest BCUT2D eigenvalue weighted by molar-refractivity contribution is 5.93. The number of hydrogen-bond acceptors (Lipinski definition) is 3. The molecule has 0 saturated carbocycles. The smallest absolute Gasteiger partial charge is 0.385 e. The summed E-state index contributed by atoms with van der Waals surface area (Å²) in [6.45, 7) is 1.69. The van der Waals surface area contributed by atoms with Crippen LogP contribution in [-0.2, 0) is 10.9 Å². The minimum atomic E-state index is -4.64. The van der Waals surface area contributed by atoms with E-state index in [2.05, 4.69) is 0 Å². The SMILES string of the molecule is COCCC[C@@H]1CCCN(C(=O)c2ccc(C(F)(F)F)[nH]c2=O)C1. The maximum absolute atomic E-state index is 12.6. The van der Waals surface area contributed by atoms with Crippen LogP contribution in [0.1, 0.15) is 41.7 Å². The van der Waals surface area contributed by atoms with Crippen LogP contribution < -0.4 is 5.56 Å². The van der Waals surface area contributed by atoms with Gasteiger partial charge in [-0.1, -0.05) is 0 Å². The highest BCUT2D eigenvalue weighted by atomic mass is 19.4. The third-order valence-corrected chi connectivity index (χ3v) is 4.21. The number of nitrogens with one attached hydrogen (secondary N) is 1. The van der Waals surface area contributed by atoms with Gasteiger partial charge in [0.15, 0.2) is 0 Å². The van der Waals surface area contributed by atoms with Gasteiger partial charge in [-0.15, -0.1) is 0 Å². The molecule has 0 unspecified atom stereocenters. The number of nitrogens with zero attached hydrogens (tertiary/aromatic N) is 1. The summed E-state index contributed by atoms with van der Waals surface area (Å²) < 4.78 is 42.7. The zero-order valence-corrected chi connectivity index (χ0v) is 13.5. The molecule has 24 heavy (non-hydrogen) atoms. The molecule has 1 aromatic rings. The number of piperidine rings is 1. The first-order valence-corrected chi connectivity index (χ1v) is 7.91. The summed E-state index contributed by atoms with van der Waals surface area (Å²) in [6.07, 6.45) is -1.01. The number of halogens is 3. The van der Waals surface area contributed by atoms with E-state index in [9.17, 15) is 22.8 Å². The van der Waals surface area contributed by atoms with Crippen molar-refractivity contribution in [1.29, 1.82) is 0 Å². The van der Waals surface area contributed by atoms with Crippen molar-refractivity contribution >= 4 is 5.91 Å². The molecule has 1 aliphatic rings. The van der Waals surface area contributed by atoms with Crippen LogP contribution in [0.2, 0.25) is 0 Å². The number of methoxy groups -OCH3 is 1. The largest absolute Gasteiger partial charge is 0.431 e. The molecule has 2 rings (SSSR count). The second-order valence-corrected chi connectivity index (χ2v) is 6.01. The molecule has 1 saturated heterocycles. The number of ether oxygens (including phenoxy) is 1. The fourth-order valence-corrected chi connectivity index (χ4v) is 2.98. The van der Waals surface area contributed by atoms with Gasteiger partial charge in [-0.05, 0) is 43.7 Å². The number of hydrogen-bond donors (Lipinski definition) is 1. The van der Waals surface area contributed by atoms with E-state index in [1.807, 2.05) is 0 Å². The van der Waals surface area contributed by atoms with Crippen molar-refractivity contribution in [2.45, 2.75) is 31.9 Å². The zero-order valence-electron chi connectivity index (χ0n) is 13.5. The molecule has 8 heteroatoms. The van der Waals surface area contributed by atoms with Crippen molar-refractivity contribution in [3.63, 3.8) is 0 Å². The lowest BCUT2D eigenvalue weighted by Crippen LogP contribution is -2.42. The molecule has 1 N–H and O–H groups in total. The number of rotatable bonds is 5. The van der Waals surface area contributed by atoms with E-state index < -0.39 is 23.3 Å². The Morgan fingerprint density at radius 1 is 1.42 bits per heavy atom. The van der Waals surface area contributed by atoms with E-state index in [0.29, 0.717) is 25.6 Å². The number of alkyl halides is 3. The summed E-state index contributed by atoms with van der Waals surface area (Å²) in [5, 5.41) is 0. The second-order valence-electron chi connectivity index (χ2n) is 6.01. The Bertz CT molecular complexity index is 628. The molecule has 0 aliphatic carbocycles. The van der Waals surface area contributed by atoms with E-state index in [1.54, 1.807) is 17.0 Å². The Labute approximate surface area is 137 Å². The molecule has 134 valence electrons. The van der Waals surface area contributed by atoms with Crippen molar-refractivity contribution in [2.24, 2.45) is 5.92 Å². The van der Waals surface area contributed by atoms with Crippen LogP contribution in [0.5, 0.6) is 0 Å². The minimum absolute atomic E-state index is 0.249. The van der Waals surface area contributed by atoms with Crippen LogP contribution in [0.3, 0.4) is 0 Å². The maximum atomic E-state index is 12.6. The normalized spacial score (nSPS) is 18.7. The second kappa shape index (κ2) is 7.83. The monoisotopic (exact) mass is 346 g/mol. The predicted octanol–water partition coefficient (Wildman–Crippen LogP) is 2.67. The lowest BCUT2D eigenvalue weighted by atomic mass is 9.93. The number of pyridine rings is 1. The maximum Gasteiger partial charge on any atom is 0.431 e. The minimum Gasteiger partial charge on any atom is -0.385 e. The summed E-state index contributed by atoms with van der Waals surface area (Å²) >= 11 is 0. The van der Waals surface area contributed by atoms with Gasteiger partial charge >= 0.3 is 6.18 Å². The average molecular weight is 346 g/mol. The van der Waals surface area contributed by atoms with Crippen LogP contribution in [0, 0.1) is 5.92 Å². The third kappa shape index (κ3) is 4.59. The summed E-state index contributed by atoms with van der Waals surface area (Å²) in [6, 6.07) is 1.69. The van der Waals surface area contributed by atoms with E-state index in [1.165, 1.54) is 0 Å². The number of aromatic amines is 1. The molecular formula is C16H21F3N2O3. The average Bonchev–Trinajstić information content (AvgIpc) is 2.54. The Morgan fingerprint density at radius 3 is 2.79 bits per heavy atom. The van der Waals surface area contributed by atoms with Crippen LogP contribution in [0.25, 0.3) is 0 Å². The standard InChI is InChI=1S/C16H21F3N2O3/c1-24-9-3-5-11-4-2-8-21(10-11)15(23)12-6-7-13(16(17,18)19)20-14(12)22/h6-7,11H,2-5,8-10H2,1H3,(H,20,22)/t11-/m0/s1. The molecule has 0 aromatic carbocycles. The Morgan fingerprint density at radius 2 is 2.17 bits per heavy atom. The lowest BCUT2D eigenvalue weighted by Gasteiger charge is -2.32. The van der Waals surface area contributed by atoms with E-state index in [0.717, 1.165) is 37.8 Å². The molecule has 1 atom stereocenters. The van der Waals surface area contributed by atoms with Crippen LogP contribution >= 0.6 is 0 Å². The van der Waals surface area contributed by atoms with Gasteiger partial charge < -0.3 is 14.6 Å². The summed E-state index contributed by atoms with van der Waals surface area (Å²) in [4.78, 5) is 27.6. The fourth-order valence-electron chi connectivity index (χ4n) is 2.98. The first-order valence-electron chi connectivity index (χ1n) is 7.91. The molecule has 0 bridgehead atoms. The molecule has 1 aromatic heterocycles. The molecule has 1 aliphatic heterocycles. The number of amides is 1. The van der Waals surface area contributed by atoms with Crippen LogP contribution in [-0.4, -0.2) is 42.6 Å². The molecule has 5 nitrogen and oxygen atoms in total. The molecular weight excluding hydrogens is 325 g/mol. The van der Waals surface area contributed by atoms with Gasteiger partial charge in [0.1, 0.15) is 11.3 Å². The van der Waals surface area contributed by atoms with Crippen molar-refractivity contribution < 1.29 is 22.7 Å². The van der Waals surface area contributed by atoms with Crippen molar-refractivity contribution in [3.8, 4) is 0 Å². The molecule has 0 radical (unpaired) electrons. The van der Waals surface area contributed by atoms with Crippen molar-refractivity contribution in [1.82, 2.24) is 9.88 Å². The molecule has 0 spiro atoms. The quantitative estimate of drug-likeness (QED) is 0.834. The first kappa shape index (κ1) is 18.5. The Balaban J connectivity index is 2.07. The number of carbonyl (C=O) groups is 1. The Kier molecular flexibility index (Phi) is 6.04. The molecule has 2 heterocycles. The first-order chi connectivity index (χ1) is 11.3. The molecule has 1 amide bonds. The van der Waals surface area contributed by atoms with Gasteiger partial charge in [0.25, 0.3) is 11.5 Å². The number of likely N-dealkylation sites (tertiary alicyclic amines) is 1. The van der Waals surface area contributed by atoms with Crippen LogP contribution in [0.4, 0.5) is 13.2 Å². The van der Waals surface area contributed by atoms with Gasteiger partial charge in [0.05, 0.1) is 0 Å². The van der Waals surface area contributed by atoms with Gasteiger partial charge in [-0.25, -0.2) is 0 Å². The van der Waals surface area contributed by atoms with Gasteiger partial charge in [-0.3, -0.25) is 9.59 Å². The third-order valence-electron chi connectivity index (χ3n) is 4.21. The summed E-state index contributed by atoms with van der Waals surface area (Å²) in [5.41, 5.74) is -2.41. The van der Waals surface area contributed by atoms with E-state index in [-0.39, 0.29) is 5.56 Å². The summed E-state index contributed by atoms with van der Waals surface area (Å²) in [7, 11) is 1.63.